The Morgan fingerprint density at radius 3 is 2.89 bits per heavy atom. The first-order valence-electron chi connectivity index (χ1n) is 5.34. The van der Waals surface area contributed by atoms with Crippen molar-refractivity contribution in [3.8, 4) is 5.75 Å². The van der Waals surface area contributed by atoms with E-state index in [1.807, 2.05) is 0 Å². The van der Waals surface area contributed by atoms with E-state index in [0.717, 1.165) is 0 Å². The van der Waals surface area contributed by atoms with E-state index in [4.69, 9.17) is 14.3 Å². The van der Waals surface area contributed by atoms with Gasteiger partial charge in [0.1, 0.15) is 11.5 Å². The van der Waals surface area contributed by atoms with E-state index in [2.05, 4.69) is 21.1 Å². The number of alkyl halides is 1. The van der Waals surface area contributed by atoms with Crippen molar-refractivity contribution in [2.24, 2.45) is 5.16 Å². The molecule has 0 bridgehead atoms. The molecule has 0 amide bonds. The number of hydrogen-bond acceptors (Lipinski definition) is 5. The van der Waals surface area contributed by atoms with Crippen molar-refractivity contribution in [3.63, 3.8) is 0 Å². The monoisotopic (exact) mass is 315 g/mol. The second kappa shape index (κ2) is 5.86. The average molecular weight is 316 g/mol. The summed E-state index contributed by atoms with van der Waals surface area (Å²) >= 11 is 3.26. The number of carbonyl (C=O) groups is 1. The van der Waals surface area contributed by atoms with Crippen molar-refractivity contribution >= 4 is 27.6 Å². The number of oxime groups is 1. The van der Waals surface area contributed by atoms with Crippen LogP contribution in [0, 0.1) is 0 Å². The van der Waals surface area contributed by atoms with Crippen molar-refractivity contribution in [2.75, 3.05) is 19.0 Å². The topological polar surface area (TPSA) is 57.1 Å². The fourth-order valence-electron chi connectivity index (χ4n) is 1.48. The highest BCUT2D eigenvalue weighted by atomic mass is 79.9. The lowest BCUT2D eigenvalue weighted by molar-refractivity contribution is 0.0292. The van der Waals surface area contributed by atoms with Gasteiger partial charge < -0.3 is 14.3 Å². The predicted molar refractivity (Wildman–Crippen MR) is 69.4 cm³/mol. The molecule has 1 aliphatic heterocycles. The number of benzene rings is 1. The van der Waals surface area contributed by atoms with E-state index in [1.165, 1.54) is 0 Å². The summed E-state index contributed by atoms with van der Waals surface area (Å²) < 4.78 is 10.3. The van der Waals surface area contributed by atoms with Crippen LogP contribution in [0.4, 0.5) is 0 Å². The first kappa shape index (κ1) is 12.9. The molecular formula is C12H12BrNO4. The molecule has 0 radical (unpaired) electrons. The molecule has 18 heavy (non-hydrogen) atoms. The van der Waals surface area contributed by atoms with Crippen LogP contribution in [0.3, 0.4) is 0 Å². The SMILES string of the molecule is COc1ccc(C(=O)[18O]C2CON=C2CBr)cc1. The molecule has 0 aromatic heterocycles. The molecule has 0 saturated carbocycles. The van der Waals surface area contributed by atoms with Gasteiger partial charge in [0.15, 0.2) is 12.7 Å². The lowest BCUT2D eigenvalue weighted by atomic mass is 10.2. The Balaban J connectivity index is 2.01. The molecule has 0 saturated heterocycles. The molecule has 1 unspecified atom stereocenters. The van der Waals surface area contributed by atoms with Crippen LogP contribution < -0.4 is 4.74 Å². The molecule has 0 aliphatic carbocycles. The quantitative estimate of drug-likeness (QED) is 0.484. The summed E-state index contributed by atoms with van der Waals surface area (Å²) in [6.45, 7) is 0.267. The third kappa shape index (κ3) is 2.81. The minimum absolute atomic E-state index is 0.267. The first-order valence-corrected chi connectivity index (χ1v) is 6.46. The summed E-state index contributed by atoms with van der Waals surface area (Å²) in [5, 5.41) is 4.30. The molecule has 1 aliphatic rings. The molecule has 1 aromatic carbocycles. The predicted octanol–water partition coefficient (Wildman–Crippen LogP) is 2.00. The fourth-order valence-corrected chi connectivity index (χ4v) is 1.94. The number of carbonyl (C=O) groups excluding carboxylic acids is 1. The molecule has 0 N–H and O–H groups in total. The van der Waals surface area contributed by atoms with Gasteiger partial charge in [-0.25, -0.2) is 4.79 Å². The molecule has 0 spiro atoms. The van der Waals surface area contributed by atoms with Crippen LogP contribution in [0.5, 0.6) is 5.75 Å². The molecule has 0 fully saturated rings. The van der Waals surface area contributed by atoms with E-state index in [9.17, 15) is 4.79 Å². The summed E-state index contributed by atoms with van der Waals surface area (Å²) in [6, 6.07) is 6.73. The number of ether oxygens (including phenoxy) is 2. The normalized spacial score (nSPS) is 17.9. The van der Waals surface area contributed by atoms with E-state index in [1.54, 1.807) is 31.4 Å². The highest BCUT2D eigenvalue weighted by Gasteiger charge is 2.26. The maximum Gasteiger partial charge on any atom is 0.338 e. The molecule has 5 nitrogen and oxygen atoms in total. The van der Waals surface area contributed by atoms with Crippen LogP contribution in [0.1, 0.15) is 10.4 Å². The Labute approximate surface area is 113 Å². The van der Waals surface area contributed by atoms with Gasteiger partial charge in [0.2, 0.25) is 0 Å². The van der Waals surface area contributed by atoms with Crippen molar-refractivity contribution in [1.82, 2.24) is 0 Å². The maximum absolute atomic E-state index is 11.9. The summed E-state index contributed by atoms with van der Waals surface area (Å²) in [7, 11) is 1.57. The Bertz CT molecular complexity index is 458. The minimum Gasteiger partial charge on any atom is -0.497 e. The summed E-state index contributed by atoms with van der Waals surface area (Å²) in [6.07, 6.45) is -0.418. The second-order valence-electron chi connectivity index (χ2n) is 3.63. The van der Waals surface area contributed by atoms with Gasteiger partial charge in [-0.05, 0) is 24.3 Å². The van der Waals surface area contributed by atoms with Gasteiger partial charge in [-0.15, -0.1) is 0 Å². The summed E-state index contributed by atoms with van der Waals surface area (Å²) in [5.74, 6) is 0.292. The van der Waals surface area contributed by atoms with Crippen LogP contribution in [0.15, 0.2) is 29.4 Å². The number of nitrogens with zero attached hydrogens (tertiary/aromatic N) is 1. The minimum atomic E-state index is -0.418. The van der Waals surface area contributed by atoms with E-state index >= 15 is 0 Å². The van der Waals surface area contributed by atoms with E-state index < -0.39 is 12.1 Å². The standard InChI is InChI=1S/C12H12BrNO4/c1-16-9-4-2-8(3-5-9)12(15)18-11-7-17-14-10(11)6-13/h2-5,11H,6-7H2,1H3/i18+2. The molecular weight excluding hydrogens is 304 g/mol. The first-order chi connectivity index (χ1) is 8.74. The van der Waals surface area contributed by atoms with Crippen LogP contribution in [-0.2, 0) is 9.57 Å². The van der Waals surface area contributed by atoms with Crippen molar-refractivity contribution in [2.45, 2.75) is 6.10 Å². The van der Waals surface area contributed by atoms with Gasteiger partial charge in [-0.1, -0.05) is 21.1 Å². The largest absolute Gasteiger partial charge is 0.497 e. The van der Waals surface area contributed by atoms with Crippen molar-refractivity contribution in [1.29, 1.82) is 0 Å². The van der Waals surface area contributed by atoms with Gasteiger partial charge >= 0.3 is 5.97 Å². The smallest absolute Gasteiger partial charge is 0.338 e. The number of rotatable bonds is 4. The van der Waals surface area contributed by atoms with Gasteiger partial charge in [-0.3, -0.25) is 0 Å². The number of halogens is 1. The fraction of sp³-hybridized carbons (Fsp3) is 0.333. The third-order valence-corrected chi connectivity index (χ3v) is 3.07. The second-order valence-corrected chi connectivity index (χ2v) is 4.20. The van der Waals surface area contributed by atoms with Crippen LogP contribution in [0.2, 0.25) is 0 Å². The van der Waals surface area contributed by atoms with Gasteiger partial charge in [0.25, 0.3) is 0 Å². The number of esters is 1. The lowest BCUT2D eigenvalue weighted by Crippen LogP contribution is -2.27. The lowest BCUT2D eigenvalue weighted by Gasteiger charge is -2.11. The van der Waals surface area contributed by atoms with E-state index in [0.29, 0.717) is 22.4 Å². The Morgan fingerprint density at radius 2 is 2.28 bits per heavy atom. The highest BCUT2D eigenvalue weighted by molar-refractivity contribution is 9.09. The van der Waals surface area contributed by atoms with Crippen molar-refractivity contribution < 1.29 is 19.1 Å². The number of hydrogen-bond donors (Lipinski definition) is 0. The molecule has 2 rings (SSSR count). The van der Waals surface area contributed by atoms with E-state index in [-0.39, 0.29) is 6.61 Å². The van der Waals surface area contributed by atoms with Crippen molar-refractivity contribution in [3.05, 3.63) is 29.8 Å². The Hall–Kier alpha value is -1.56. The zero-order valence-corrected chi connectivity index (χ0v) is 11.3. The van der Waals surface area contributed by atoms with Crippen LogP contribution in [-0.4, -0.2) is 36.8 Å². The average Bonchev–Trinajstić information content (AvgIpc) is 2.86. The summed E-state index contributed by atoms with van der Waals surface area (Å²) in [4.78, 5) is 16.8. The molecule has 1 heterocycles. The van der Waals surface area contributed by atoms with Crippen LogP contribution in [0.25, 0.3) is 0 Å². The molecule has 6 heteroatoms. The molecule has 96 valence electrons. The Kier molecular flexibility index (Phi) is 4.19. The summed E-state index contributed by atoms with van der Waals surface area (Å²) in [5.41, 5.74) is 1.15. The maximum atomic E-state index is 11.9. The number of methoxy groups -OCH3 is 1. The molecule has 1 aromatic rings. The zero-order valence-electron chi connectivity index (χ0n) is 9.76. The zero-order chi connectivity index (χ0) is 13.0. The van der Waals surface area contributed by atoms with Gasteiger partial charge in [-0.2, -0.15) is 0 Å². The van der Waals surface area contributed by atoms with Gasteiger partial charge in [0, 0.05) is 5.33 Å². The molecule has 1 atom stereocenters. The third-order valence-electron chi connectivity index (χ3n) is 2.49. The van der Waals surface area contributed by atoms with Gasteiger partial charge in [0.05, 0.1) is 12.7 Å². The van der Waals surface area contributed by atoms with Crippen LogP contribution >= 0.6 is 15.9 Å². The Morgan fingerprint density at radius 1 is 1.56 bits per heavy atom. The highest BCUT2D eigenvalue weighted by Crippen LogP contribution is 2.15.